The standard InChI is InChI=1S/C15H21N3O4S2/c1-11-12(10-17-18-11)5-4-8-16-14-7-6-13(23(2,19)20)9-15(14)24(3,21)22/h6-7,9-10,16H,4-5,8H2,1-3H3,(H,17,18). The summed E-state index contributed by atoms with van der Waals surface area (Å²) < 4.78 is 47.1. The Bertz CT molecular complexity index is 931. The number of benzene rings is 1. The molecule has 0 atom stereocenters. The van der Waals surface area contributed by atoms with Gasteiger partial charge in [0, 0.05) is 24.8 Å². The lowest BCUT2D eigenvalue weighted by Gasteiger charge is -2.12. The zero-order valence-corrected chi connectivity index (χ0v) is 15.5. The van der Waals surface area contributed by atoms with Gasteiger partial charge in [0.2, 0.25) is 0 Å². The van der Waals surface area contributed by atoms with Gasteiger partial charge in [0.1, 0.15) is 0 Å². The van der Waals surface area contributed by atoms with E-state index in [9.17, 15) is 16.8 Å². The Hall–Kier alpha value is -1.87. The highest BCUT2D eigenvalue weighted by Gasteiger charge is 2.17. The predicted molar refractivity (Wildman–Crippen MR) is 92.8 cm³/mol. The fourth-order valence-corrected chi connectivity index (χ4v) is 3.92. The Morgan fingerprint density at radius 2 is 1.83 bits per heavy atom. The molecule has 0 saturated heterocycles. The van der Waals surface area contributed by atoms with Crippen molar-refractivity contribution >= 4 is 25.4 Å². The summed E-state index contributed by atoms with van der Waals surface area (Å²) in [4.78, 5) is -0.0209. The van der Waals surface area contributed by atoms with Gasteiger partial charge < -0.3 is 5.32 Å². The summed E-state index contributed by atoms with van der Waals surface area (Å²) in [5, 5.41) is 9.90. The van der Waals surface area contributed by atoms with Crippen molar-refractivity contribution in [2.75, 3.05) is 24.4 Å². The summed E-state index contributed by atoms with van der Waals surface area (Å²) in [7, 11) is -7.01. The number of H-pyrrole nitrogens is 1. The molecule has 132 valence electrons. The first-order valence-electron chi connectivity index (χ1n) is 7.36. The maximum absolute atomic E-state index is 11.9. The van der Waals surface area contributed by atoms with E-state index in [1.807, 2.05) is 6.92 Å². The number of rotatable bonds is 7. The molecule has 1 aromatic heterocycles. The van der Waals surface area contributed by atoms with E-state index in [2.05, 4.69) is 15.5 Å². The first kappa shape index (κ1) is 18.5. The van der Waals surface area contributed by atoms with Crippen LogP contribution in [0.3, 0.4) is 0 Å². The highest BCUT2D eigenvalue weighted by molar-refractivity contribution is 7.91. The largest absolute Gasteiger partial charge is 0.384 e. The fraction of sp³-hybridized carbons (Fsp3) is 0.400. The quantitative estimate of drug-likeness (QED) is 0.715. The predicted octanol–water partition coefficient (Wildman–Crippen LogP) is 1.57. The van der Waals surface area contributed by atoms with Crippen LogP contribution >= 0.6 is 0 Å². The van der Waals surface area contributed by atoms with Crippen molar-refractivity contribution < 1.29 is 16.8 Å². The van der Waals surface area contributed by atoms with E-state index < -0.39 is 19.7 Å². The van der Waals surface area contributed by atoms with Crippen LogP contribution in [-0.4, -0.2) is 46.1 Å². The minimum Gasteiger partial charge on any atom is -0.384 e. The van der Waals surface area contributed by atoms with Gasteiger partial charge in [0.05, 0.1) is 21.7 Å². The average Bonchev–Trinajstić information content (AvgIpc) is 2.87. The van der Waals surface area contributed by atoms with Crippen LogP contribution in [0.15, 0.2) is 34.2 Å². The molecule has 2 N–H and O–H groups in total. The molecule has 0 bridgehead atoms. The van der Waals surface area contributed by atoms with Crippen LogP contribution < -0.4 is 5.32 Å². The number of sulfone groups is 2. The lowest BCUT2D eigenvalue weighted by molar-refractivity contribution is 0.600. The van der Waals surface area contributed by atoms with Crippen molar-refractivity contribution in [2.45, 2.75) is 29.6 Å². The number of hydrogen-bond acceptors (Lipinski definition) is 6. The van der Waals surface area contributed by atoms with Crippen LogP contribution in [-0.2, 0) is 26.1 Å². The van der Waals surface area contributed by atoms with Crippen LogP contribution in [0.5, 0.6) is 0 Å². The van der Waals surface area contributed by atoms with E-state index in [4.69, 9.17) is 0 Å². The number of aromatic nitrogens is 2. The van der Waals surface area contributed by atoms with Crippen molar-refractivity contribution in [2.24, 2.45) is 0 Å². The number of nitrogens with zero attached hydrogens (tertiary/aromatic N) is 1. The van der Waals surface area contributed by atoms with E-state index >= 15 is 0 Å². The highest BCUT2D eigenvalue weighted by atomic mass is 32.2. The zero-order chi connectivity index (χ0) is 18.0. The molecule has 1 aromatic carbocycles. The first-order valence-corrected chi connectivity index (χ1v) is 11.1. The molecule has 2 rings (SSSR count). The fourth-order valence-electron chi connectivity index (χ4n) is 2.32. The second kappa shape index (κ2) is 6.94. The van der Waals surface area contributed by atoms with Gasteiger partial charge in [-0.2, -0.15) is 5.10 Å². The van der Waals surface area contributed by atoms with Crippen LogP contribution in [0, 0.1) is 6.92 Å². The van der Waals surface area contributed by atoms with Crippen LogP contribution in [0.1, 0.15) is 17.7 Å². The summed E-state index contributed by atoms with van der Waals surface area (Å²) >= 11 is 0. The van der Waals surface area contributed by atoms with E-state index in [0.29, 0.717) is 12.2 Å². The number of nitrogens with one attached hydrogen (secondary N) is 2. The van der Waals surface area contributed by atoms with Gasteiger partial charge in [0.15, 0.2) is 19.7 Å². The average molecular weight is 371 g/mol. The summed E-state index contributed by atoms with van der Waals surface area (Å²) in [6.45, 7) is 2.51. The first-order chi connectivity index (χ1) is 11.1. The van der Waals surface area contributed by atoms with Crippen molar-refractivity contribution in [3.05, 3.63) is 35.7 Å². The van der Waals surface area contributed by atoms with Gasteiger partial charge in [0.25, 0.3) is 0 Å². The lowest BCUT2D eigenvalue weighted by atomic mass is 10.1. The van der Waals surface area contributed by atoms with E-state index in [1.54, 1.807) is 6.20 Å². The molecule has 0 aliphatic carbocycles. The molecule has 0 fully saturated rings. The number of aryl methyl sites for hydroxylation is 2. The Morgan fingerprint density at radius 3 is 2.38 bits per heavy atom. The molecule has 0 unspecified atom stereocenters. The third-order valence-corrected chi connectivity index (χ3v) is 5.90. The molecule has 1 heterocycles. The van der Waals surface area contributed by atoms with Crippen molar-refractivity contribution in [3.8, 4) is 0 Å². The summed E-state index contributed by atoms with van der Waals surface area (Å²) in [5.74, 6) is 0. The van der Waals surface area contributed by atoms with Gasteiger partial charge in [-0.25, -0.2) is 16.8 Å². The second-order valence-corrected chi connectivity index (χ2v) is 9.75. The summed E-state index contributed by atoms with van der Waals surface area (Å²) in [5.41, 5.74) is 2.55. The molecule has 0 spiro atoms. The van der Waals surface area contributed by atoms with Gasteiger partial charge in [-0.15, -0.1) is 0 Å². The summed E-state index contributed by atoms with van der Waals surface area (Å²) in [6, 6.07) is 4.11. The van der Waals surface area contributed by atoms with E-state index in [0.717, 1.165) is 36.6 Å². The van der Waals surface area contributed by atoms with Crippen LogP contribution in [0.4, 0.5) is 5.69 Å². The smallest absolute Gasteiger partial charge is 0.177 e. The third-order valence-electron chi connectivity index (χ3n) is 3.65. The molecule has 0 saturated carbocycles. The molecule has 24 heavy (non-hydrogen) atoms. The topological polar surface area (TPSA) is 109 Å². The molecule has 2 aromatic rings. The minimum atomic E-state index is -3.55. The molecule has 0 aliphatic heterocycles. The van der Waals surface area contributed by atoms with Crippen LogP contribution in [0.25, 0.3) is 0 Å². The van der Waals surface area contributed by atoms with Crippen molar-refractivity contribution in [1.82, 2.24) is 10.2 Å². The molecule has 7 nitrogen and oxygen atoms in total. The zero-order valence-electron chi connectivity index (χ0n) is 13.8. The molecular weight excluding hydrogens is 350 g/mol. The van der Waals surface area contributed by atoms with Gasteiger partial charge >= 0.3 is 0 Å². The number of anilines is 1. The van der Waals surface area contributed by atoms with Gasteiger partial charge in [-0.05, 0) is 43.5 Å². The maximum Gasteiger partial charge on any atom is 0.177 e. The molecule has 0 aliphatic rings. The third kappa shape index (κ3) is 4.57. The SMILES string of the molecule is Cc1[nH]ncc1CCCNc1ccc(S(C)(=O)=O)cc1S(C)(=O)=O. The van der Waals surface area contributed by atoms with Crippen molar-refractivity contribution in [3.63, 3.8) is 0 Å². The minimum absolute atomic E-state index is 0.00934. The summed E-state index contributed by atoms with van der Waals surface area (Å²) in [6.07, 6.45) is 5.49. The Balaban J connectivity index is 2.13. The lowest BCUT2D eigenvalue weighted by Crippen LogP contribution is -2.10. The molecule has 9 heteroatoms. The molecule has 0 amide bonds. The van der Waals surface area contributed by atoms with E-state index in [-0.39, 0.29) is 9.79 Å². The monoisotopic (exact) mass is 371 g/mol. The Kier molecular flexibility index (Phi) is 5.34. The van der Waals surface area contributed by atoms with Crippen molar-refractivity contribution in [1.29, 1.82) is 0 Å². The number of aromatic amines is 1. The van der Waals surface area contributed by atoms with Gasteiger partial charge in [-0.3, -0.25) is 5.10 Å². The Morgan fingerprint density at radius 1 is 1.12 bits per heavy atom. The highest BCUT2D eigenvalue weighted by Crippen LogP contribution is 2.25. The van der Waals surface area contributed by atoms with Crippen LogP contribution in [0.2, 0.25) is 0 Å². The second-order valence-electron chi connectivity index (χ2n) is 5.75. The number of hydrogen-bond donors (Lipinski definition) is 2. The maximum atomic E-state index is 11.9. The van der Waals surface area contributed by atoms with Gasteiger partial charge in [-0.1, -0.05) is 0 Å². The normalized spacial score (nSPS) is 12.3. The molecular formula is C15H21N3O4S2. The molecule has 0 radical (unpaired) electrons. The van der Waals surface area contributed by atoms with E-state index in [1.165, 1.54) is 18.2 Å². The Labute approximate surface area is 142 Å².